The summed E-state index contributed by atoms with van der Waals surface area (Å²) in [6, 6.07) is 27.4. The summed E-state index contributed by atoms with van der Waals surface area (Å²) in [4.78, 5) is 22.0. The molecule has 2 N–H and O–H groups in total. The van der Waals surface area contributed by atoms with Gasteiger partial charge in [0.25, 0.3) is 15.9 Å². The van der Waals surface area contributed by atoms with Gasteiger partial charge in [-0.05, 0) is 65.6 Å². The SMILES string of the molecule is Cc1cccc(C)c1-c1cc2nc(n1)NS(=O)(=O)c1cccc(c1)C(=O)NCC(c1ccc3ccccc3c1)O2. The molecule has 1 amide bonds. The van der Waals surface area contributed by atoms with E-state index in [9.17, 15) is 13.2 Å². The van der Waals surface area contributed by atoms with Crippen LogP contribution >= 0.6 is 0 Å². The Hall–Kier alpha value is -4.76. The zero-order valence-corrected chi connectivity index (χ0v) is 22.7. The summed E-state index contributed by atoms with van der Waals surface area (Å²) < 4.78 is 35.5. The predicted molar refractivity (Wildman–Crippen MR) is 154 cm³/mol. The molecule has 200 valence electrons. The number of amides is 1. The number of aromatic nitrogens is 2. The third-order valence-corrected chi connectivity index (χ3v) is 8.25. The van der Waals surface area contributed by atoms with E-state index < -0.39 is 22.0 Å². The second kappa shape index (κ2) is 10.1. The molecule has 4 bridgehead atoms. The van der Waals surface area contributed by atoms with Gasteiger partial charge in [-0.1, -0.05) is 60.7 Å². The Balaban J connectivity index is 1.52. The van der Waals surface area contributed by atoms with E-state index in [1.807, 2.05) is 74.5 Å². The van der Waals surface area contributed by atoms with Gasteiger partial charge in [-0.25, -0.2) is 18.1 Å². The number of aryl methyl sites for hydroxylation is 2. The average Bonchev–Trinajstić information content (AvgIpc) is 2.94. The zero-order chi connectivity index (χ0) is 27.9. The highest BCUT2D eigenvalue weighted by atomic mass is 32.2. The quantitative estimate of drug-likeness (QED) is 0.297. The van der Waals surface area contributed by atoms with Crippen LogP contribution in [0.3, 0.4) is 0 Å². The largest absolute Gasteiger partial charge is 0.467 e. The van der Waals surface area contributed by atoms with Gasteiger partial charge in [-0.2, -0.15) is 4.98 Å². The summed E-state index contributed by atoms with van der Waals surface area (Å²) in [5.41, 5.74) is 4.37. The van der Waals surface area contributed by atoms with Crippen molar-refractivity contribution in [3.63, 3.8) is 0 Å². The Morgan fingerprint density at radius 1 is 0.825 bits per heavy atom. The number of fused-ring (bicyclic) bond motifs is 5. The van der Waals surface area contributed by atoms with Crippen molar-refractivity contribution in [2.24, 2.45) is 0 Å². The van der Waals surface area contributed by atoms with Crippen molar-refractivity contribution in [3.05, 3.63) is 113 Å². The van der Waals surface area contributed by atoms with Gasteiger partial charge >= 0.3 is 0 Å². The Morgan fingerprint density at radius 3 is 2.38 bits per heavy atom. The lowest BCUT2D eigenvalue weighted by Crippen LogP contribution is -2.30. The van der Waals surface area contributed by atoms with Crippen LogP contribution in [-0.4, -0.2) is 30.8 Å². The van der Waals surface area contributed by atoms with Crippen molar-refractivity contribution in [3.8, 4) is 17.1 Å². The maximum atomic E-state index is 13.3. The number of rotatable bonds is 2. The minimum atomic E-state index is -4.10. The standard InChI is InChI=1S/C31H26N4O4S/c1-19-7-5-8-20(2)29(19)26-17-28-34-31(33-26)35-40(37,38)25-12-6-11-24(16-25)30(36)32-18-27(39-28)23-14-13-21-9-3-4-10-22(21)15-23/h3-17,27H,18H2,1-2H3,(H,32,36)(H,33,34,35). The summed E-state index contributed by atoms with van der Waals surface area (Å²) in [7, 11) is -4.10. The van der Waals surface area contributed by atoms with Crippen LogP contribution in [0, 0.1) is 13.8 Å². The molecule has 2 heterocycles. The van der Waals surface area contributed by atoms with Crippen molar-refractivity contribution < 1.29 is 17.9 Å². The summed E-state index contributed by atoms with van der Waals surface area (Å²) in [5, 5.41) is 5.01. The Labute approximate surface area is 232 Å². The van der Waals surface area contributed by atoms with Crippen LogP contribution in [0.1, 0.15) is 33.2 Å². The third kappa shape index (κ3) is 4.99. The van der Waals surface area contributed by atoms with Crippen molar-refractivity contribution in [2.75, 3.05) is 11.3 Å². The Morgan fingerprint density at radius 2 is 1.57 bits per heavy atom. The number of carbonyl (C=O) groups is 1. The number of nitrogens with one attached hydrogen (secondary N) is 2. The van der Waals surface area contributed by atoms with Gasteiger partial charge in [0, 0.05) is 17.2 Å². The number of hydrogen-bond acceptors (Lipinski definition) is 6. The van der Waals surface area contributed by atoms with Gasteiger partial charge in [-0.15, -0.1) is 0 Å². The zero-order valence-electron chi connectivity index (χ0n) is 21.9. The molecule has 0 radical (unpaired) electrons. The van der Waals surface area contributed by atoms with Gasteiger partial charge in [0.1, 0.15) is 6.10 Å². The molecule has 8 nitrogen and oxygen atoms in total. The van der Waals surface area contributed by atoms with E-state index in [1.54, 1.807) is 12.1 Å². The topological polar surface area (TPSA) is 110 Å². The molecule has 0 aliphatic carbocycles. The summed E-state index contributed by atoms with van der Waals surface area (Å²) >= 11 is 0. The summed E-state index contributed by atoms with van der Waals surface area (Å²) in [5.74, 6) is -0.375. The van der Waals surface area contributed by atoms with Gasteiger partial charge in [0.15, 0.2) is 0 Å². The van der Waals surface area contributed by atoms with Crippen LogP contribution < -0.4 is 14.8 Å². The Kier molecular flexibility index (Phi) is 6.43. The Bertz CT molecular complexity index is 1870. The van der Waals surface area contributed by atoms with Gasteiger partial charge < -0.3 is 10.1 Å². The molecular weight excluding hydrogens is 524 g/mol. The molecule has 1 unspecified atom stereocenters. The number of nitrogens with zero attached hydrogens (tertiary/aromatic N) is 2. The van der Waals surface area contributed by atoms with E-state index in [4.69, 9.17) is 4.74 Å². The predicted octanol–water partition coefficient (Wildman–Crippen LogP) is 5.58. The van der Waals surface area contributed by atoms with Crippen molar-refractivity contribution in [1.29, 1.82) is 0 Å². The minimum absolute atomic E-state index is 0.0750. The second-order valence-corrected chi connectivity index (χ2v) is 11.4. The highest BCUT2D eigenvalue weighted by Gasteiger charge is 2.24. The van der Waals surface area contributed by atoms with Crippen LogP contribution in [0.4, 0.5) is 5.95 Å². The molecule has 0 saturated heterocycles. The maximum Gasteiger partial charge on any atom is 0.264 e. The highest BCUT2D eigenvalue weighted by Crippen LogP contribution is 2.32. The van der Waals surface area contributed by atoms with E-state index in [2.05, 4.69) is 20.0 Å². The number of ether oxygens (including phenoxy) is 1. The number of anilines is 1. The normalized spacial score (nSPS) is 16.4. The molecule has 5 aromatic rings. The first kappa shape index (κ1) is 25.5. The van der Waals surface area contributed by atoms with Crippen LogP contribution in [0.5, 0.6) is 5.88 Å². The number of sulfonamides is 1. The molecule has 4 aromatic carbocycles. The van der Waals surface area contributed by atoms with Gasteiger partial charge in [-0.3, -0.25) is 4.79 Å². The molecule has 1 aliphatic rings. The van der Waals surface area contributed by atoms with E-state index in [0.29, 0.717) is 5.69 Å². The average molecular weight is 551 g/mol. The lowest BCUT2D eigenvalue weighted by molar-refractivity contribution is 0.0925. The van der Waals surface area contributed by atoms with E-state index in [-0.39, 0.29) is 28.8 Å². The van der Waals surface area contributed by atoms with Gasteiger partial charge in [0.05, 0.1) is 17.1 Å². The third-order valence-electron chi connectivity index (χ3n) is 6.93. The molecule has 9 heteroatoms. The molecule has 0 fully saturated rings. The summed E-state index contributed by atoms with van der Waals surface area (Å²) in [6.45, 7) is 4.06. The lowest BCUT2D eigenvalue weighted by atomic mass is 10.00. The fourth-order valence-corrected chi connectivity index (χ4v) is 5.92. The first-order valence-corrected chi connectivity index (χ1v) is 14.3. The van der Waals surface area contributed by atoms with Crippen molar-refractivity contribution in [2.45, 2.75) is 24.8 Å². The second-order valence-electron chi connectivity index (χ2n) is 9.74. The van der Waals surface area contributed by atoms with E-state index in [0.717, 1.165) is 33.0 Å². The monoisotopic (exact) mass is 550 g/mol. The van der Waals surface area contributed by atoms with Crippen molar-refractivity contribution in [1.82, 2.24) is 15.3 Å². The van der Waals surface area contributed by atoms with Crippen LogP contribution in [0.2, 0.25) is 0 Å². The molecule has 40 heavy (non-hydrogen) atoms. The first-order chi connectivity index (χ1) is 19.3. The van der Waals surface area contributed by atoms with Crippen LogP contribution in [0.15, 0.2) is 95.9 Å². The molecular formula is C31H26N4O4S. The van der Waals surface area contributed by atoms with Gasteiger partial charge in [0.2, 0.25) is 11.8 Å². The van der Waals surface area contributed by atoms with Crippen LogP contribution in [0.25, 0.3) is 22.0 Å². The molecule has 1 aliphatic heterocycles. The molecule has 6 rings (SSSR count). The fourth-order valence-electron chi connectivity index (χ4n) is 4.93. The fraction of sp³-hybridized carbons (Fsp3) is 0.129. The number of benzene rings is 4. The molecule has 0 saturated carbocycles. The molecule has 1 atom stereocenters. The van der Waals surface area contributed by atoms with E-state index >= 15 is 0 Å². The van der Waals surface area contributed by atoms with Crippen LogP contribution in [-0.2, 0) is 10.0 Å². The minimum Gasteiger partial charge on any atom is -0.467 e. The molecule has 1 aromatic heterocycles. The van der Waals surface area contributed by atoms with E-state index in [1.165, 1.54) is 18.2 Å². The number of carbonyl (C=O) groups excluding carboxylic acids is 1. The van der Waals surface area contributed by atoms with Crippen molar-refractivity contribution >= 4 is 32.7 Å². The number of hydrogen-bond donors (Lipinski definition) is 2. The highest BCUT2D eigenvalue weighted by molar-refractivity contribution is 7.92. The maximum absolute atomic E-state index is 13.3. The first-order valence-electron chi connectivity index (χ1n) is 12.8. The smallest absolute Gasteiger partial charge is 0.264 e. The lowest BCUT2D eigenvalue weighted by Gasteiger charge is -2.21. The molecule has 0 spiro atoms. The summed E-state index contributed by atoms with van der Waals surface area (Å²) in [6.07, 6.45) is -0.623.